The number of aliphatic hydroxyl groups excluding tert-OH is 1. The van der Waals surface area contributed by atoms with E-state index in [2.05, 4.69) is 10.6 Å². The van der Waals surface area contributed by atoms with Crippen molar-refractivity contribution in [3.05, 3.63) is 71.3 Å². The molecule has 0 heterocycles. The Bertz CT molecular complexity index is 665. The highest BCUT2D eigenvalue weighted by atomic mass is 19.1. The van der Waals surface area contributed by atoms with E-state index in [0.717, 1.165) is 5.56 Å². The number of halogens is 2. The molecule has 1 atom stereocenters. The van der Waals surface area contributed by atoms with Gasteiger partial charge in [0.05, 0.1) is 6.10 Å². The number of benzene rings is 2. The van der Waals surface area contributed by atoms with E-state index in [0.29, 0.717) is 18.5 Å². The van der Waals surface area contributed by atoms with Crippen LogP contribution in [-0.2, 0) is 6.42 Å². The molecule has 2 aromatic rings. The zero-order valence-electron chi connectivity index (χ0n) is 12.4. The third-order valence-electron chi connectivity index (χ3n) is 3.28. The van der Waals surface area contributed by atoms with Gasteiger partial charge in [-0.3, -0.25) is 0 Å². The van der Waals surface area contributed by atoms with Gasteiger partial charge in [-0.1, -0.05) is 24.3 Å². The number of carbonyl (C=O) groups is 1. The minimum absolute atomic E-state index is 0.0325. The number of aliphatic hydroxyl groups is 1. The molecule has 0 radical (unpaired) electrons. The molecule has 0 aromatic heterocycles. The summed E-state index contributed by atoms with van der Waals surface area (Å²) in [6, 6.07) is 11.3. The van der Waals surface area contributed by atoms with E-state index in [-0.39, 0.29) is 12.4 Å². The number of nitrogens with one attached hydrogen (secondary N) is 2. The van der Waals surface area contributed by atoms with Gasteiger partial charge in [-0.25, -0.2) is 13.6 Å². The Hall–Kier alpha value is -2.47. The predicted molar refractivity (Wildman–Crippen MR) is 82.9 cm³/mol. The summed E-state index contributed by atoms with van der Waals surface area (Å²) in [5.41, 5.74) is 1.18. The molecule has 0 bridgehead atoms. The molecule has 2 rings (SSSR count). The summed E-state index contributed by atoms with van der Waals surface area (Å²) in [7, 11) is 0. The van der Waals surface area contributed by atoms with Gasteiger partial charge in [-0.2, -0.15) is 0 Å². The zero-order valence-corrected chi connectivity index (χ0v) is 12.4. The first-order valence-corrected chi connectivity index (χ1v) is 7.24. The van der Waals surface area contributed by atoms with Crippen molar-refractivity contribution < 1.29 is 18.7 Å². The fraction of sp³-hybridized carbons (Fsp3) is 0.235. The van der Waals surface area contributed by atoms with Gasteiger partial charge in [0.2, 0.25) is 0 Å². The van der Waals surface area contributed by atoms with Crippen LogP contribution in [0.2, 0.25) is 0 Å². The summed E-state index contributed by atoms with van der Waals surface area (Å²) in [6.45, 7) is 0.306. The molecule has 0 aliphatic carbocycles. The monoisotopic (exact) mass is 320 g/mol. The van der Waals surface area contributed by atoms with Crippen LogP contribution < -0.4 is 10.6 Å². The molecule has 3 N–H and O–H groups in total. The van der Waals surface area contributed by atoms with Crippen LogP contribution in [-0.4, -0.2) is 24.2 Å². The number of carbonyl (C=O) groups excluding carboxylic acids is 1. The minimum Gasteiger partial charge on any atom is -0.387 e. The highest BCUT2D eigenvalue weighted by Gasteiger charge is 2.10. The van der Waals surface area contributed by atoms with Crippen molar-refractivity contribution in [3.63, 3.8) is 0 Å². The summed E-state index contributed by atoms with van der Waals surface area (Å²) in [4.78, 5) is 11.6. The molecule has 2 aromatic carbocycles. The Kier molecular flexibility index (Phi) is 6.05. The zero-order chi connectivity index (χ0) is 16.7. The Balaban J connectivity index is 1.70. The summed E-state index contributed by atoms with van der Waals surface area (Å²) < 4.78 is 26.0. The number of rotatable bonds is 6. The van der Waals surface area contributed by atoms with Crippen LogP contribution in [0.3, 0.4) is 0 Å². The van der Waals surface area contributed by atoms with Crippen molar-refractivity contribution in [2.75, 3.05) is 13.1 Å². The minimum atomic E-state index is -0.986. The van der Waals surface area contributed by atoms with Crippen LogP contribution in [0.5, 0.6) is 0 Å². The molecule has 0 unspecified atom stereocenters. The molecule has 4 nitrogen and oxygen atoms in total. The van der Waals surface area contributed by atoms with Crippen molar-refractivity contribution in [2.45, 2.75) is 12.5 Å². The number of urea groups is 1. The lowest BCUT2D eigenvalue weighted by Crippen LogP contribution is -2.38. The largest absolute Gasteiger partial charge is 0.387 e. The summed E-state index contributed by atoms with van der Waals surface area (Å²) in [5.74, 6) is -0.758. The maximum atomic E-state index is 13.0. The van der Waals surface area contributed by atoms with Crippen LogP contribution in [0.25, 0.3) is 0 Å². The van der Waals surface area contributed by atoms with Crippen LogP contribution in [0.1, 0.15) is 17.2 Å². The van der Waals surface area contributed by atoms with Gasteiger partial charge in [0.1, 0.15) is 11.6 Å². The first-order chi connectivity index (χ1) is 11.0. The smallest absolute Gasteiger partial charge is 0.314 e. The second-order valence-electron chi connectivity index (χ2n) is 5.09. The van der Waals surface area contributed by atoms with Gasteiger partial charge in [0, 0.05) is 13.1 Å². The molecule has 122 valence electrons. The fourth-order valence-electron chi connectivity index (χ4n) is 2.10. The lowest BCUT2D eigenvalue weighted by atomic mass is 10.1. The summed E-state index contributed by atoms with van der Waals surface area (Å²) in [5, 5.41) is 15.0. The Morgan fingerprint density at radius 2 is 1.74 bits per heavy atom. The van der Waals surface area contributed by atoms with E-state index in [4.69, 9.17) is 0 Å². The van der Waals surface area contributed by atoms with E-state index < -0.39 is 18.0 Å². The van der Waals surface area contributed by atoms with E-state index >= 15 is 0 Å². The normalized spacial score (nSPS) is 11.8. The van der Waals surface area contributed by atoms with E-state index in [1.165, 1.54) is 30.3 Å². The molecular weight excluding hydrogens is 302 g/mol. The average Bonchev–Trinajstić information content (AvgIpc) is 2.52. The lowest BCUT2D eigenvalue weighted by molar-refractivity contribution is 0.173. The lowest BCUT2D eigenvalue weighted by Gasteiger charge is -2.13. The molecule has 6 heteroatoms. The van der Waals surface area contributed by atoms with Gasteiger partial charge in [-0.05, 0) is 41.8 Å². The van der Waals surface area contributed by atoms with Crippen molar-refractivity contribution in [1.29, 1.82) is 0 Å². The standard InChI is InChI=1S/C17H18F2N2O2/c18-14-5-1-3-12(9-14)7-8-20-17(23)21-11-16(22)13-4-2-6-15(19)10-13/h1-6,9-10,16,22H,7-8,11H2,(H2,20,21,23)/t16-/m0/s1. The highest BCUT2D eigenvalue weighted by molar-refractivity contribution is 5.73. The third-order valence-corrected chi connectivity index (χ3v) is 3.28. The molecule has 0 aliphatic heterocycles. The van der Waals surface area contributed by atoms with Crippen LogP contribution in [0.15, 0.2) is 48.5 Å². The van der Waals surface area contributed by atoms with Crippen LogP contribution >= 0.6 is 0 Å². The molecular formula is C17H18F2N2O2. The van der Waals surface area contributed by atoms with Crippen molar-refractivity contribution in [2.24, 2.45) is 0 Å². The first-order valence-electron chi connectivity index (χ1n) is 7.24. The van der Waals surface area contributed by atoms with Gasteiger partial charge in [0.15, 0.2) is 0 Å². The van der Waals surface area contributed by atoms with Gasteiger partial charge < -0.3 is 15.7 Å². The molecule has 0 aliphatic rings. The van der Waals surface area contributed by atoms with Crippen LogP contribution in [0, 0.1) is 11.6 Å². The molecule has 0 fully saturated rings. The van der Waals surface area contributed by atoms with Crippen LogP contribution in [0.4, 0.5) is 13.6 Å². The van der Waals surface area contributed by atoms with Crippen molar-refractivity contribution in [1.82, 2.24) is 10.6 Å². The van der Waals surface area contributed by atoms with Gasteiger partial charge >= 0.3 is 6.03 Å². The predicted octanol–water partition coefficient (Wildman–Crippen LogP) is 2.54. The Morgan fingerprint density at radius 3 is 2.43 bits per heavy atom. The SMILES string of the molecule is O=C(NCCc1cccc(F)c1)NC[C@H](O)c1cccc(F)c1. The second kappa shape index (κ2) is 8.24. The van der Waals surface area contributed by atoms with E-state index in [9.17, 15) is 18.7 Å². The van der Waals surface area contributed by atoms with Gasteiger partial charge in [-0.15, -0.1) is 0 Å². The maximum Gasteiger partial charge on any atom is 0.314 e. The maximum absolute atomic E-state index is 13.0. The quantitative estimate of drug-likeness (QED) is 0.766. The summed E-state index contributed by atoms with van der Waals surface area (Å²) in [6.07, 6.45) is -0.489. The highest BCUT2D eigenvalue weighted by Crippen LogP contribution is 2.12. The van der Waals surface area contributed by atoms with E-state index in [1.54, 1.807) is 18.2 Å². The topological polar surface area (TPSA) is 61.4 Å². The Labute approximate surface area is 133 Å². The molecule has 0 saturated carbocycles. The third kappa shape index (κ3) is 5.67. The van der Waals surface area contributed by atoms with Crippen molar-refractivity contribution in [3.8, 4) is 0 Å². The Morgan fingerprint density at radius 1 is 1.04 bits per heavy atom. The van der Waals surface area contributed by atoms with Crippen molar-refractivity contribution >= 4 is 6.03 Å². The molecule has 23 heavy (non-hydrogen) atoms. The number of hydrogen-bond acceptors (Lipinski definition) is 2. The summed E-state index contributed by atoms with van der Waals surface area (Å²) >= 11 is 0. The first kappa shape index (κ1) is 16.9. The second-order valence-corrected chi connectivity index (χ2v) is 5.09. The molecule has 2 amide bonds. The molecule has 0 spiro atoms. The van der Waals surface area contributed by atoms with Gasteiger partial charge in [0.25, 0.3) is 0 Å². The number of hydrogen-bond donors (Lipinski definition) is 3. The molecule has 0 saturated heterocycles. The number of amides is 2. The fourth-order valence-corrected chi connectivity index (χ4v) is 2.10. The average molecular weight is 320 g/mol. The van der Waals surface area contributed by atoms with E-state index in [1.807, 2.05) is 0 Å².